The quantitative estimate of drug-likeness (QED) is 0.268. The molecule has 34 heavy (non-hydrogen) atoms. The molecular formula is C30H52O2Si2. The van der Waals surface area contributed by atoms with Crippen molar-refractivity contribution in [3.63, 3.8) is 0 Å². The van der Waals surface area contributed by atoms with Crippen molar-refractivity contribution in [2.75, 3.05) is 13.2 Å². The van der Waals surface area contributed by atoms with Gasteiger partial charge in [-0.15, -0.1) is 0 Å². The van der Waals surface area contributed by atoms with E-state index < -0.39 is 16.6 Å². The fourth-order valence-corrected chi connectivity index (χ4v) is 5.73. The van der Waals surface area contributed by atoms with E-state index in [-0.39, 0.29) is 10.1 Å². The first-order chi connectivity index (χ1) is 15.6. The normalized spacial score (nSPS) is 19.4. The second kappa shape index (κ2) is 12.0. The molecule has 0 spiro atoms. The standard InChI is InChI=1S/C30H52O2Si2/c1-29(2,3)33(7,8)31-23-27(21-19-25-15-11-12-16-25)28(22-20-26-17-13-14-18-26)24-32-34(9,10)30(4,5)6/h25-26H,11-18,23-24H2,1-10H3. The highest BCUT2D eigenvalue weighted by Crippen LogP contribution is 2.38. The van der Waals surface area contributed by atoms with Gasteiger partial charge in [0.25, 0.3) is 0 Å². The minimum Gasteiger partial charge on any atom is -0.412 e. The minimum atomic E-state index is -1.89. The first-order valence-corrected chi connectivity index (χ1v) is 19.5. The average molecular weight is 501 g/mol. The topological polar surface area (TPSA) is 18.5 Å². The zero-order chi connectivity index (χ0) is 25.6. The second-order valence-electron chi connectivity index (χ2n) is 13.6. The second-order valence-corrected chi connectivity index (χ2v) is 23.2. The summed E-state index contributed by atoms with van der Waals surface area (Å²) in [5.41, 5.74) is 2.14. The highest BCUT2D eigenvalue weighted by molar-refractivity contribution is 6.74. The Bertz CT molecular complexity index is 749. The Hall–Kier alpha value is -0.786. The lowest BCUT2D eigenvalue weighted by Crippen LogP contribution is -2.42. The third-order valence-corrected chi connectivity index (χ3v) is 17.7. The van der Waals surface area contributed by atoms with Gasteiger partial charge in [0, 0.05) is 23.0 Å². The number of hydrogen-bond acceptors (Lipinski definition) is 2. The van der Waals surface area contributed by atoms with Crippen molar-refractivity contribution in [3.8, 4) is 23.7 Å². The maximum Gasteiger partial charge on any atom is 0.192 e. The molecule has 2 saturated carbocycles. The van der Waals surface area contributed by atoms with Gasteiger partial charge < -0.3 is 8.85 Å². The largest absolute Gasteiger partial charge is 0.412 e. The SMILES string of the molecule is CC(C)(C)[Si](C)(C)OCC(C#CC1CCCC1)=C(C#CC1CCCC1)CO[Si](C)(C)C(C)(C)C. The van der Waals surface area contributed by atoms with Crippen molar-refractivity contribution >= 4 is 16.6 Å². The van der Waals surface area contributed by atoms with Gasteiger partial charge in [0.05, 0.1) is 13.2 Å². The molecule has 2 aliphatic carbocycles. The van der Waals surface area contributed by atoms with Gasteiger partial charge in [-0.2, -0.15) is 0 Å². The maximum absolute atomic E-state index is 6.69. The van der Waals surface area contributed by atoms with Gasteiger partial charge in [-0.1, -0.05) is 90.9 Å². The van der Waals surface area contributed by atoms with Crippen LogP contribution in [0, 0.1) is 35.5 Å². The predicted molar refractivity (Wildman–Crippen MR) is 153 cm³/mol. The summed E-state index contributed by atoms with van der Waals surface area (Å²) < 4.78 is 13.4. The molecule has 192 valence electrons. The van der Waals surface area contributed by atoms with Crippen LogP contribution in [0.15, 0.2) is 11.1 Å². The molecule has 0 aromatic carbocycles. The molecule has 0 atom stereocenters. The van der Waals surface area contributed by atoms with Crippen LogP contribution in [0.3, 0.4) is 0 Å². The van der Waals surface area contributed by atoms with E-state index in [1.54, 1.807) is 0 Å². The van der Waals surface area contributed by atoms with Gasteiger partial charge in [-0.3, -0.25) is 0 Å². The van der Waals surface area contributed by atoms with Crippen LogP contribution < -0.4 is 0 Å². The molecule has 0 N–H and O–H groups in total. The van der Waals surface area contributed by atoms with Crippen molar-refractivity contribution in [3.05, 3.63) is 11.1 Å². The molecular weight excluding hydrogens is 449 g/mol. The lowest BCUT2D eigenvalue weighted by atomic mass is 10.0. The molecule has 2 nitrogen and oxygen atoms in total. The average Bonchev–Trinajstić information content (AvgIpc) is 3.41. The van der Waals surface area contributed by atoms with Crippen molar-refractivity contribution < 1.29 is 8.85 Å². The van der Waals surface area contributed by atoms with Gasteiger partial charge in [0.15, 0.2) is 16.6 Å². The van der Waals surface area contributed by atoms with Crippen LogP contribution in [0.4, 0.5) is 0 Å². The van der Waals surface area contributed by atoms with E-state index in [1.165, 1.54) is 51.4 Å². The molecule has 0 radical (unpaired) electrons. The molecule has 2 rings (SSSR count). The first kappa shape index (κ1) is 29.4. The number of rotatable bonds is 6. The Morgan fingerprint density at radius 3 is 1.18 bits per heavy atom. The molecule has 0 saturated heterocycles. The first-order valence-electron chi connectivity index (χ1n) is 13.7. The van der Waals surface area contributed by atoms with Crippen molar-refractivity contribution in [1.82, 2.24) is 0 Å². The summed E-state index contributed by atoms with van der Waals surface area (Å²) >= 11 is 0. The van der Waals surface area contributed by atoms with Crippen LogP contribution in [0.2, 0.25) is 36.3 Å². The highest BCUT2D eigenvalue weighted by Gasteiger charge is 2.38. The van der Waals surface area contributed by atoms with E-state index in [2.05, 4.69) is 91.4 Å². The molecule has 0 aromatic rings. The minimum absolute atomic E-state index is 0.171. The molecule has 2 aliphatic rings. The Labute approximate surface area is 214 Å². The van der Waals surface area contributed by atoms with Gasteiger partial charge in [0.1, 0.15) is 0 Å². The summed E-state index contributed by atoms with van der Waals surface area (Å²) in [6.07, 6.45) is 10.1. The summed E-state index contributed by atoms with van der Waals surface area (Å²) in [7, 11) is -3.79. The molecule has 2 fully saturated rings. The van der Waals surface area contributed by atoms with Gasteiger partial charge in [-0.25, -0.2) is 0 Å². The van der Waals surface area contributed by atoms with Gasteiger partial charge in [-0.05, 0) is 61.9 Å². The van der Waals surface area contributed by atoms with Crippen molar-refractivity contribution in [1.29, 1.82) is 0 Å². The summed E-state index contributed by atoms with van der Waals surface area (Å²) in [5.74, 6) is 15.5. The summed E-state index contributed by atoms with van der Waals surface area (Å²) in [6, 6.07) is 0. The van der Waals surface area contributed by atoms with Gasteiger partial charge in [0.2, 0.25) is 0 Å². The van der Waals surface area contributed by atoms with Crippen LogP contribution in [0.1, 0.15) is 92.9 Å². The van der Waals surface area contributed by atoms with Crippen molar-refractivity contribution in [2.45, 2.75) is 129 Å². The Balaban J connectivity index is 2.42. The predicted octanol–water partition coefficient (Wildman–Crippen LogP) is 8.71. The lowest BCUT2D eigenvalue weighted by Gasteiger charge is -2.37. The third kappa shape index (κ3) is 8.70. The molecule has 0 aromatic heterocycles. The van der Waals surface area contributed by atoms with E-state index >= 15 is 0 Å². The Kier molecular flexibility index (Phi) is 10.4. The molecule has 0 bridgehead atoms. The van der Waals surface area contributed by atoms with Crippen LogP contribution in [0.25, 0.3) is 0 Å². The van der Waals surface area contributed by atoms with Crippen LogP contribution in [-0.2, 0) is 8.85 Å². The summed E-state index contributed by atoms with van der Waals surface area (Å²) in [5, 5.41) is 0.342. The van der Waals surface area contributed by atoms with E-state index in [0.29, 0.717) is 25.0 Å². The van der Waals surface area contributed by atoms with Crippen LogP contribution in [0.5, 0.6) is 0 Å². The van der Waals surface area contributed by atoms with E-state index in [4.69, 9.17) is 8.85 Å². The zero-order valence-corrected chi connectivity index (χ0v) is 26.0. The smallest absolute Gasteiger partial charge is 0.192 e. The molecule has 4 heteroatoms. The summed E-state index contributed by atoms with van der Waals surface area (Å²) in [6.45, 7) is 24.2. The molecule has 0 aliphatic heterocycles. The molecule has 0 amide bonds. The van der Waals surface area contributed by atoms with E-state index in [0.717, 1.165) is 11.1 Å². The van der Waals surface area contributed by atoms with E-state index in [9.17, 15) is 0 Å². The monoisotopic (exact) mass is 500 g/mol. The fourth-order valence-electron chi connectivity index (χ4n) is 3.85. The molecule has 0 heterocycles. The highest BCUT2D eigenvalue weighted by atomic mass is 28.4. The maximum atomic E-state index is 6.69. The fraction of sp³-hybridized carbons (Fsp3) is 0.800. The van der Waals surface area contributed by atoms with Crippen LogP contribution in [-0.4, -0.2) is 29.8 Å². The van der Waals surface area contributed by atoms with Crippen molar-refractivity contribution in [2.24, 2.45) is 11.8 Å². The zero-order valence-electron chi connectivity index (χ0n) is 24.0. The lowest BCUT2D eigenvalue weighted by molar-refractivity contribution is 0.308. The third-order valence-electron chi connectivity index (χ3n) is 8.70. The Morgan fingerprint density at radius 2 is 0.912 bits per heavy atom. The number of hydrogen-bond donors (Lipinski definition) is 0. The molecule has 0 unspecified atom stereocenters. The summed E-state index contributed by atoms with van der Waals surface area (Å²) in [4.78, 5) is 0. The van der Waals surface area contributed by atoms with Crippen LogP contribution >= 0.6 is 0 Å². The Morgan fingerprint density at radius 1 is 0.618 bits per heavy atom. The van der Waals surface area contributed by atoms with Gasteiger partial charge >= 0.3 is 0 Å². The van der Waals surface area contributed by atoms with E-state index in [1.807, 2.05) is 0 Å².